The van der Waals surface area contributed by atoms with Crippen molar-refractivity contribution in [1.29, 1.82) is 0 Å². The first-order valence-electron chi connectivity index (χ1n) is 10.5. The van der Waals surface area contributed by atoms with Crippen molar-refractivity contribution in [1.82, 2.24) is 0 Å². The van der Waals surface area contributed by atoms with Gasteiger partial charge in [0.25, 0.3) is 0 Å². The molecular weight excluding hydrogens is 300 g/mol. The van der Waals surface area contributed by atoms with E-state index >= 15 is 0 Å². The summed E-state index contributed by atoms with van der Waals surface area (Å²) in [4.78, 5) is 0. The van der Waals surface area contributed by atoms with E-state index < -0.39 is 0 Å². The van der Waals surface area contributed by atoms with Gasteiger partial charge in [-0.1, -0.05) is 51.4 Å². The summed E-state index contributed by atoms with van der Waals surface area (Å²) in [5, 5.41) is 0. The Morgan fingerprint density at radius 3 is 0.917 bits per heavy atom. The molecule has 0 rings (SSSR count). The lowest BCUT2D eigenvalue weighted by molar-refractivity contribution is 0.0991. The molecule has 0 aliphatic carbocycles. The molecule has 0 amide bonds. The standard InChI is InChI=1S/C20H44N2O2/c21-15-9-5-1-3-7-11-17-23-19-13-14-20-24-18-12-8-4-2-6-10-16-22/h1-22H2. The lowest BCUT2D eigenvalue weighted by atomic mass is 10.1. The van der Waals surface area contributed by atoms with Crippen LogP contribution in [0.25, 0.3) is 0 Å². The average Bonchev–Trinajstić information content (AvgIpc) is 2.60. The van der Waals surface area contributed by atoms with Crippen LogP contribution in [0.1, 0.15) is 89.9 Å². The number of rotatable bonds is 21. The summed E-state index contributed by atoms with van der Waals surface area (Å²) in [5.74, 6) is 0. The summed E-state index contributed by atoms with van der Waals surface area (Å²) in [6.45, 7) is 5.28. The Morgan fingerprint density at radius 2 is 0.583 bits per heavy atom. The summed E-state index contributed by atoms with van der Waals surface area (Å²) >= 11 is 0. The van der Waals surface area contributed by atoms with Crippen LogP contribution >= 0.6 is 0 Å². The van der Waals surface area contributed by atoms with E-state index in [0.29, 0.717) is 0 Å². The zero-order chi connectivity index (χ0) is 17.6. The summed E-state index contributed by atoms with van der Waals surface area (Å²) in [6.07, 6.45) is 17.4. The zero-order valence-corrected chi connectivity index (χ0v) is 16.1. The third-order valence-electron chi connectivity index (χ3n) is 4.31. The molecule has 0 atom stereocenters. The van der Waals surface area contributed by atoms with Gasteiger partial charge in [-0.3, -0.25) is 0 Å². The summed E-state index contributed by atoms with van der Waals surface area (Å²) in [5.41, 5.74) is 11.0. The van der Waals surface area contributed by atoms with Crippen LogP contribution in [0.5, 0.6) is 0 Å². The fourth-order valence-electron chi connectivity index (χ4n) is 2.72. The molecule has 0 heterocycles. The molecule has 0 radical (unpaired) electrons. The predicted octanol–water partition coefficient (Wildman–Crippen LogP) is 4.40. The van der Waals surface area contributed by atoms with Gasteiger partial charge in [-0.15, -0.1) is 0 Å². The van der Waals surface area contributed by atoms with E-state index in [-0.39, 0.29) is 0 Å². The Labute approximate surface area is 151 Å². The summed E-state index contributed by atoms with van der Waals surface area (Å²) < 4.78 is 11.3. The van der Waals surface area contributed by atoms with Crippen molar-refractivity contribution in [2.75, 3.05) is 39.5 Å². The van der Waals surface area contributed by atoms with Crippen molar-refractivity contribution >= 4 is 0 Å². The maximum Gasteiger partial charge on any atom is 0.0466 e. The lowest BCUT2D eigenvalue weighted by Crippen LogP contribution is -2.01. The largest absolute Gasteiger partial charge is 0.381 e. The van der Waals surface area contributed by atoms with Crippen molar-refractivity contribution < 1.29 is 9.47 Å². The van der Waals surface area contributed by atoms with Gasteiger partial charge < -0.3 is 20.9 Å². The predicted molar refractivity (Wildman–Crippen MR) is 104 cm³/mol. The molecule has 0 aromatic heterocycles. The highest BCUT2D eigenvalue weighted by Gasteiger charge is 1.94. The van der Waals surface area contributed by atoms with Crippen LogP contribution in [0, 0.1) is 0 Å². The minimum Gasteiger partial charge on any atom is -0.381 e. The van der Waals surface area contributed by atoms with E-state index in [1.165, 1.54) is 77.0 Å². The Hall–Kier alpha value is -0.160. The van der Waals surface area contributed by atoms with Crippen LogP contribution in [-0.4, -0.2) is 39.5 Å². The van der Waals surface area contributed by atoms with Crippen molar-refractivity contribution in [3.05, 3.63) is 0 Å². The molecule has 0 aliphatic heterocycles. The number of nitrogens with two attached hydrogens (primary N) is 2. The third-order valence-corrected chi connectivity index (χ3v) is 4.31. The lowest BCUT2D eigenvalue weighted by Gasteiger charge is -2.06. The molecule has 0 saturated heterocycles. The Balaban J connectivity index is 2.93. The smallest absolute Gasteiger partial charge is 0.0466 e. The number of hydrogen-bond donors (Lipinski definition) is 2. The van der Waals surface area contributed by atoms with Gasteiger partial charge in [-0.25, -0.2) is 0 Å². The highest BCUT2D eigenvalue weighted by atomic mass is 16.5. The van der Waals surface area contributed by atoms with Crippen LogP contribution in [0.3, 0.4) is 0 Å². The molecule has 0 saturated carbocycles. The molecule has 0 spiro atoms. The Bertz CT molecular complexity index is 194. The molecule has 24 heavy (non-hydrogen) atoms. The van der Waals surface area contributed by atoms with E-state index in [1.54, 1.807) is 0 Å². The monoisotopic (exact) mass is 344 g/mol. The van der Waals surface area contributed by atoms with Crippen molar-refractivity contribution in [2.45, 2.75) is 89.9 Å². The van der Waals surface area contributed by atoms with Crippen LogP contribution in [0.2, 0.25) is 0 Å². The van der Waals surface area contributed by atoms with E-state index in [2.05, 4.69) is 0 Å². The molecule has 146 valence electrons. The van der Waals surface area contributed by atoms with Crippen molar-refractivity contribution in [3.63, 3.8) is 0 Å². The van der Waals surface area contributed by atoms with Crippen LogP contribution in [0.15, 0.2) is 0 Å². The van der Waals surface area contributed by atoms with Crippen LogP contribution in [0.4, 0.5) is 0 Å². The molecule has 4 N–H and O–H groups in total. The van der Waals surface area contributed by atoms with Gasteiger partial charge in [0.2, 0.25) is 0 Å². The second kappa shape index (κ2) is 22.8. The van der Waals surface area contributed by atoms with Gasteiger partial charge in [0.1, 0.15) is 0 Å². The van der Waals surface area contributed by atoms with E-state index in [4.69, 9.17) is 20.9 Å². The van der Waals surface area contributed by atoms with Gasteiger partial charge in [-0.2, -0.15) is 0 Å². The summed E-state index contributed by atoms with van der Waals surface area (Å²) in [6, 6.07) is 0. The number of ether oxygens (including phenoxy) is 2. The Morgan fingerprint density at radius 1 is 0.333 bits per heavy atom. The zero-order valence-electron chi connectivity index (χ0n) is 16.1. The number of unbranched alkanes of at least 4 members (excludes halogenated alkanes) is 11. The Kier molecular flexibility index (Phi) is 22.7. The minimum absolute atomic E-state index is 0.835. The SMILES string of the molecule is NCCCCCCCCOCCCCOCCCCCCCCN. The van der Waals surface area contributed by atoms with E-state index in [9.17, 15) is 0 Å². The first kappa shape index (κ1) is 23.8. The quantitative estimate of drug-likeness (QED) is 0.303. The molecular formula is C20H44N2O2. The molecule has 0 aliphatic rings. The van der Waals surface area contributed by atoms with Gasteiger partial charge >= 0.3 is 0 Å². The maximum atomic E-state index is 5.67. The normalized spacial score (nSPS) is 11.2. The molecule has 0 bridgehead atoms. The maximum absolute atomic E-state index is 5.67. The highest BCUT2D eigenvalue weighted by Crippen LogP contribution is 2.06. The second-order valence-electron chi connectivity index (χ2n) is 6.75. The second-order valence-corrected chi connectivity index (χ2v) is 6.75. The van der Waals surface area contributed by atoms with Gasteiger partial charge in [-0.05, 0) is 51.6 Å². The topological polar surface area (TPSA) is 70.5 Å². The molecule has 0 aromatic carbocycles. The first-order valence-corrected chi connectivity index (χ1v) is 10.5. The third kappa shape index (κ3) is 21.8. The molecule has 4 heteroatoms. The minimum atomic E-state index is 0.835. The van der Waals surface area contributed by atoms with Gasteiger partial charge in [0, 0.05) is 26.4 Å². The first-order chi connectivity index (χ1) is 11.9. The van der Waals surface area contributed by atoms with Crippen LogP contribution in [-0.2, 0) is 9.47 Å². The fraction of sp³-hybridized carbons (Fsp3) is 1.00. The van der Waals surface area contributed by atoms with E-state index in [0.717, 1.165) is 52.4 Å². The fourth-order valence-corrected chi connectivity index (χ4v) is 2.72. The molecule has 0 fully saturated rings. The average molecular weight is 345 g/mol. The molecule has 0 unspecified atom stereocenters. The van der Waals surface area contributed by atoms with Gasteiger partial charge in [0.15, 0.2) is 0 Å². The highest BCUT2D eigenvalue weighted by molar-refractivity contribution is 4.47. The van der Waals surface area contributed by atoms with Crippen LogP contribution < -0.4 is 11.5 Å². The van der Waals surface area contributed by atoms with Gasteiger partial charge in [0.05, 0.1) is 0 Å². The van der Waals surface area contributed by atoms with Crippen molar-refractivity contribution in [2.24, 2.45) is 11.5 Å². The van der Waals surface area contributed by atoms with E-state index in [1.807, 2.05) is 0 Å². The van der Waals surface area contributed by atoms with Crippen molar-refractivity contribution in [3.8, 4) is 0 Å². The molecule has 0 aromatic rings. The summed E-state index contributed by atoms with van der Waals surface area (Å²) in [7, 11) is 0. The number of hydrogen-bond acceptors (Lipinski definition) is 4. The molecule has 4 nitrogen and oxygen atoms in total.